The number of alkyl halides is 2. The van der Waals surface area contributed by atoms with E-state index in [-0.39, 0.29) is 19.1 Å². The Hall–Kier alpha value is -2.67. The van der Waals surface area contributed by atoms with E-state index >= 15 is 0 Å². The molecule has 1 fully saturated rings. The third-order valence-corrected chi connectivity index (χ3v) is 6.66. The Morgan fingerprint density at radius 1 is 1.18 bits per heavy atom. The lowest BCUT2D eigenvalue weighted by Gasteiger charge is -2.18. The Labute approximate surface area is 193 Å². The molecule has 0 saturated heterocycles. The van der Waals surface area contributed by atoms with Crippen LogP contribution in [0.25, 0.3) is 0 Å². The molecule has 33 heavy (non-hydrogen) atoms. The first-order chi connectivity index (χ1) is 15.7. The first-order valence-corrected chi connectivity index (χ1v) is 11.6. The number of carbonyl (C=O) groups is 1. The number of benzene rings is 2. The van der Waals surface area contributed by atoms with Crippen LogP contribution in [-0.4, -0.2) is 42.7 Å². The van der Waals surface area contributed by atoms with Crippen LogP contribution in [0, 0.1) is 11.8 Å². The average Bonchev–Trinajstić information content (AvgIpc) is 3.44. The van der Waals surface area contributed by atoms with Gasteiger partial charge in [0.2, 0.25) is 0 Å². The fourth-order valence-electron chi connectivity index (χ4n) is 4.42. The number of carbonyl (C=O) groups excluding carboxylic acids is 1. The highest BCUT2D eigenvalue weighted by molar-refractivity contribution is 5.73. The topological polar surface area (TPSA) is 61.8 Å². The number of nitrogens with zero attached hydrogens (tertiary/aromatic N) is 1. The Kier molecular flexibility index (Phi) is 6.88. The second kappa shape index (κ2) is 9.67. The molecule has 2 aromatic rings. The van der Waals surface area contributed by atoms with Gasteiger partial charge in [-0.1, -0.05) is 30.3 Å². The van der Waals surface area contributed by atoms with E-state index < -0.39 is 17.9 Å². The zero-order valence-electron chi connectivity index (χ0n) is 19.2. The summed E-state index contributed by atoms with van der Waals surface area (Å²) in [6, 6.07) is 13.7. The maximum Gasteiger partial charge on any atom is 0.317 e. The van der Waals surface area contributed by atoms with Crippen molar-refractivity contribution in [3.8, 4) is 5.75 Å². The number of fused-ring (bicyclic) bond motifs is 1. The minimum Gasteiger partial charge on any atom is -0.493 e. The van der Waals surface area contributed by atoms with Crippen LogP contribution in [0.5, 0.6) is 5.75 Å². The lowest BCUT2D eigenvalue weighted by atomic mass is 9.91. The van der Waals surface area contributed by atoms with E-state index in [1.807, 2.05) is 30.3 Å². The molecule has 0 bridgehead atoms. The van der Waals surface area contributed by atoms with Crippen molar-refractivity contribution >= 4 is 6.03 Å². The van der Waals surface area contributed by atoms with Crippen molar-refractivity contribution in [3.05, 3.63) is 64.7 Å². The van der Waals surface area contributed by atoms with Crippen LogP contribution in [-0.2, 0) is 19.4 Å². The molecule has 2 N–H and O–H groups in total. The molecule has 1 saturated carbocycles. The Bertz CT molecular complexity index is 978. The Balaban J connectivity index is 1.32. The quantitative estimate of drug-likeness (QED) is 0.590. The van der Waals surface area contributed by atoms with Gasteiger partial charge in [0.15, 0.2) is 0 Å². The Morgan fingerprint density at radius 3 is 2.55 bits per heavy atom. The molecule has 2 aromatic carbocycles. The van der Waals surface area contributed by atoms with Crippen molar-refractivity contribution in [1.82, 2.24) is 10.2 Å². The van der Waals surface area contributed by atoms with Crippen LogP contribution in [0.15, 0.2) is 42.5 Å². The maximum atomic E-state index is 13.1. The molecule has 0 heterocycles. The molecule has 4 rings (SSSR count). The molecule has 7 heteroatoms. The molecule has 0 aliphatic heterocycles. The highest BCUT2D eigenvalue weighted by atomic mass is 19.3. The summed E-state index contributed by atoms with van der Waals surface area (Å²) >= 11 is 0. The number of ether oxygens (including phenoxy) is 1. The highest BCUT2D eigenvalue weighted by Gasteiger charge is 2.57. The maximum absolute atomic E-state index is 13.1. The van der Waals surface area contributed by atoms with Crippen molar-refractivity contribution in [3.63, 3.8) is 0 Å². The zero-order valence-corrected chi connectivity index (χ0v) is 19.2. The molecule has 3 atom stereocenters. The van der Waals surface area contributed by atoms with E-state index in [1.54, 1.807) is 14.1 Å². The van der Waals surface area contributed by atoms with Crippen LogP contribution < -0.4 is 10.1 Å². The van der Waals surface area contributed by atoms with Crippen LogP contribution in [0.2, 0.25) is 0 Å². The van der Waals surface area contributed by atoms with E-state index in [9.17, 15) is 18.7 Å². The minimum atomic E-state index is -2.59. The molecular formula is C26H32F2N2O3. The fourth-order valence-corrected chi connectivity index (χ4v) is 4.42. The van der Waals surface area contributed by atoms with Gasteiger partial charge < -0.3 is 20.1 Å². The summed E-state index contributed by atoms with van der Waals surface area (Å²) in [6.45, 7) is 0.497. The van der Waals surface area contributed by atoms with Gasteiger partial charge in [-0.25, -0.2) is 13.6 Å². The van der Waals surface area contributed by atoms with Crippen molar-refractivity contribution < 1.29 is 23.4 Å². The van der Waals surface area contributed by atoms with Gasteiger partial charge in [-0.15, -0.1) is 0 Å². The first kappa shape index (κ1) is 23.5. The predicted octanol–water partition coefficient (Wildman–Crippen LogP) is 4.72. The van der Waals surface area contributed by atoms with Gasteiger partial charge in [0.25, 0.3) is 5.92 Å². The number of nitrogens with one attached hydrogen (secondary N) is 1. The number of amides is 2. The SMILES string of the molecule is CN(C)C(=O)NCc1ccc(CC2CCc3ccc(OCC4CC4(F)F)cc3C(O)C2)cc1. The fraction of sp³-hybridized carbons (Fsp3) is 0.500. The summed E-state index contributed by atoms with van der Waals surface area (Å²) in [5.41, 5.74) is 4.19. The number of hydrogen-bond acceptors (Lipinski definition) is 3. The van der Waals surface area contributed by atoms with Gasteiger partial charge in [0.05, 0.1) is 18.6 Å². The molecule has 2 amide bonds. The number of aliphatic hydroxyl groups excluding tert-OH is 1. The molecule has 2 aliphatic carbocycles. The summed E-state index contributed by atoms with van der Waals surface area (Å²) in [5.74, 6) is -2.40. The van der Waals surface area contributed by atoms with E-state index in [0.717, 1.165) is 36.0 Å². The lowest BCUT2D eigenvalue weighted by Crippen LogP contribution is -2.33. The molecule has 0 radical (unpaired) electrons. The summed E-state index contributed by atoms with van der Waals surface area (Å²) in [6.07, 6.45) is 2.66. The number of hydrogen-bond donors (Lipinski definition) is 2. The van der Waals surface area contributed by atoms with Crippen LogP contribution in [0.3, 0.4) is 0 Å². The number of urea groups is 1. The number of rotatable bonds is 7. The summed E-state index contributed by atoms with van der Waals surface area (Å²) in [4.78, 5) is 13.2. The predicted molar refractivity (Wildman–Crippen MR) is 122 cm³/mol. The van der Waals surface area contributed by atoms with E-state index in [2.05, 4.69) is 17.4 Å². The standard InChI is InChI=1S/C26H32F2N2O3/c1-30(2)25(32)29-15-18-5-3-17(4-6-18)11-19-7-8-20-9-10-22(13-23(20)24(31)12-19)33-16-21-14-26(21,27)28/h3-6,9-10,13,19,21,24,31H,7-8,11-12,14-16H2,1-2H3,(H,29,32). The van der Waals surface area contributed by atoms with Crippen molar-refractivity contribution in [2.75, 3.05) is 20.7 Å². The van der Waals surface area contributed by atoms with Gasteiger partial charge in [-0.2, -0.15) is 0 Å². The number of halogens is 2. The van der Waals surface area contributed by atoms with Crippen molar-refractivity contribution in [1.29, 1.82) is 0 Å². The molecule has 2 aliphatic rings. The largest absolute Gasteiger partial charge is 0.493 e. The third-order valence-electron chi connectivity index (χ3n) is 6.66. The molecule has 0 aromatic heterocycles. The van der Waals surface area contributed by atoms with Crippen molar-refractivity contribution in [2.24, 2.45) is 11.8 Å². The highest BCUT2D eigenvalue weighted by Crippen LogP contribution is 2.48. The van der Waals surface area contributed by atoms with Gasteiger partial charge in [-0.05, 0) is 66.0 Å². The van der Waals surface area contributed by atoms with Gasteiger partial charge >= 0.3 is 6.03 Å². The summed E-state index contributed by atoms with van der Waals surface area (Å²) < 4.78 is 31.8. The minimum absolute atomic E-state index is 0.0132. The van der Waals surface area contributed by atoms with Crippen LogP contribution in [0.1, 0.15) is 47.6 Å². The zero-order chi connectivity index (χ0) is 23.6. The van der Waals surface area contributed by atoms with Gasteiger partial charge in [0.1, 0.15) is 5.75 Å². The van der Waals surface area contributed by atoms with E-state index in [0.29, 0.717) is 24.6 Å². The second-order valence-corrected chi connectivity index (χ2v) is 9.56. The van der Waals surface area contributed by atoms with Gasteiger partial charge in [-0.3, -0.25) is 0 Å². The molecule has 178 valence electrons. The van der Waals surface area contributed by atoms with Crippen LogP contribution in [0.4, 0.5) is 13.6 Å². The molecule has 3 unspecified atom stereocenters. The Morgan fingerprint density at radius 2 is 1.88 bits per heavy atom. The van der Waals surface area contributed by atoms with Gasteiger partial charge in [0, 0.05) is 27.1 Å². The second-order valence-electron chi connectivity index (χ2n) is 9.56. The first-order valence-electron chi connectivity index (χ1n) is 11.6. The van der Waals surface area contributed by atoms with E-state index in [1.165, 1.54) is 10.5 Å². The normalized spacial score (nSPS) is 23.2. The molecule has 5 nitrogen and oxygen atoms in total. The van der Waals surface area contributed by atoms with Crippen LogP contribution >= 0.6 is 0 Å². The number of aliphatic hydroxyl groups is 1. The molecule has 0 spiro atoms. The van der Waals surface area contributed by atoms with Crippen molar-refractivity contribution in [2.45, 2.75) is 50.7 Å². The lowest BCUT2D eigenvalue weighted by molar-refractivity contribution is 0.0854. The summed E-state index contributed by atoms with van der Waals surface area (Å²) in [5, 5.41) is 13.7. The average molecular weight is 459 g/mol. The number of aryl methyl sites for hydroxylation is 1. The van der Waals surface area contributed by atoms with E-state index in [4.69, 9.17) is 4.74 Å². The smallest absolute Gasteiger partial charge is 0.317 e. The monoisotopic (exact) mass is 458 g/mol. The molecular weight excluding hydrogens is 426 g/mol. The summed E-state index contributed by atoms with van der Waals surface area (Å²) in [7, 11) is 3.42. The third kappa shape index (κ3) is 6.02.